The fourth-order valence-electron chi connectivity index (χ4n) is 2.81. The second-order valence-corrected chi connectivity index (χ2v) is 6.01. The van der Waals surface area contributed by atoms with Crippen molar-refractivity contribution in [3.8, 4) is 17.2 Å². The zero-order valence-corrected chi connectivity index (χ0v) is 14.9. The minimum atomic E-state index is 0.258. The average molecular weight is 364 g/mol. The normalized spacial score (nSPS) is 11.9. The second kappa shape index (κ2) is 7.82. The summed E-state index contributed by atoms with van der Waals surface area (Å²) in [6, 6.07) is 15.6. The number of aromatic nitrogens is 2. The van der Waals surface area contributed by atoms with Crippen molar-refractivity contribution < 1.29 is 14.2 Å². The Labute approximate surface area is 157 Å². The van der Waals surface area contributed by atoms with Crippen LogP contribution < -0.4 is 24.8 Å². The van der Waals surface area contributed by atoms with Gasteiger partial charge in [-0.2, -0.15) is 0 Å². The molecule has 0 amide bonds. The lowest BCUT2D eigenvalue weighted by Gasteiger charge is -2.09. The summed E-state index contributed by atoms with van der Waals surface area (Å²) in [7, 11) is 1.67. The first-order valence-corrected chi connectivity index (χ1v) is 8.66. The third-order valence-corrected chi connectivity index (χ3v) is 4.17. The smallest absolute Gasteiger partial charge is 0.231 e. The van der Waals surface area contributed by atoms with Crippen LogP contribution in [0.1, 0.15) is 5.56 Å². The van der Waals surface area contributed by atoms with E-state index in [0.717, 1.165) is 41.7 Å². The van der Waals surface area contributed by atoms with Gasteiger partial charge in [-0.15, -0.1) is 0 Å². The lowest BCUT2D eigenvalue weighted by atomic mass is 10.1. The maximum atomic E-state index is 5.40. The second-order valence-electron chi connectivity index (χ2n) is 6.01. The van der Waals surface area contributed by atoms with Gasteiger partial charge in [0.05, 0.1) is 7.11 Å². The molecule has 0 saturated carbocycles. The average Bonchev–Trinajstić information content (AvgIpc) is 3.16. The number of methoxy groups -OCH3 is 1. The molecule has 27 heavy (non-hydrogen) atoms. The quantitative estimate of drug-likeness (QED) is 0.663. The van der Waals surface area contributed by atoms with Crippen LogP contribution in [0.2, 0.25) is 0 Å². The highest BCUT2D eigenvalue weighted by molar-refractivity contribution is 5.63. The molecule has 1 aromatic heterocycles. The Bertz CT molecular complexity index is 933. The molecule has 2 aromatic carbocycles. The van der Waals surface area contributed by atoms with Crippen LogP contribution in [0.5, 0.6) is 17.2 Å². The van der Waals surface area contributed by atoms with Gasteiger partial charge < -0.3 is 24.8 Å². The maximum Gasteiger partial charge on any atom is 0.231 e. The van der Waals surface area contributed by atoms with Crippen molar-refractivity contribution in [3.63, 3.8) is 0 Å². The minimum absolute atomic E-state index is 0.258. The Kier molecular flexibility index (Phi) is 4.91. The highest BCUT2D eigenvalue weighted by atomic mass is 16.7. The zero-order chi connectivity index (χ0) is 18.5. The SMILES string of the molecule is COc1cccc(CCNc2cc(Nc3ccc4c(c3)OCO4)ncn2)c1. The van der Waals surface area contributed by atoms with Crippen LogP contribution in [0.25, 0.3) is 0 Å². The summed E-state index contributed by atoms with van der Waals surface area (Å²) in [6.07, 6.45) is 2.40. The number of nitrogens with zero attached hydrogens (tertiary/aromatic N) is 2. The van der Waals surface area contributed by atoms with E-state index in [4.69, 9.17) is 14.2 Å². The number of hydrogen-bond donors (Lipinski definition) is 2. The molecule has 2 heterocycles. The van der Waals surface area contributed by atoms with Gasteiger partial charge in [0.1, 0.15) is 23.7 Å². The van der Waals surface area contributed by atoms with Crippen molar-refractivity contribution in [2.45, 2.75) is 6.42 Å². The van der Waals surface area contributed by atoms with Gasteiger partial charge in [-0.25, -0.2) is 9.97 Å². The van der Waals surface area contributed by atoms with Crippen molar-refractivity contribution in [3.05, 3.63) is 60.4 Å². The molecule has 0 radical (unpaired) electrons. The summed E-state index contributed by atoms with van der Waals surface area (Å²) in [5.41, 5.74) is 2.08. The Balaban J connectivity index is 1.36. The summed E-state index contributed by atoms with van der Waals surface area (Å²) in [6.45, 7) is 1.02. The van der Waals surface area contributed by atoms with Crippen LogP contribution in [0.15, 0.2) is 54.9 Å². The van der Waals surface area contributed by atoms with Crippen molar-refractivity contribution in [2.24, 2.45) is 0 Å². The van der Waals surface area contributed by atoms with Gasteiger partial charge in [-0.3, -0.25) is 0 Å². The summed E-state index contributed by atoms with van der Waals surface area (Å²) in [4.78, 5) is 8.54. The molecule has 0 fully saturated rings. The Hall–Kier alpha value is -3.48. The fraction of sp³-hybridized carbons (Fsp3) is 0.200. The molecule has 1 aliphatic heterocycles. The molecule has 3 aromatic rings. The fourth-order valence-corrected chi connectivity index (χ4v) is 2.81. The standard InChI is InChI=1S/C20H20N4O3/c1-25-16-4-2-3-14(9-16)7-8-21-19-11-20(23-12-22-19)24-15-5-6-17-18(10-15)27-13-26-17/h2-6,9-12H,7-8,13H2,1H3,(H2,21,22,23,24). The number of rotatable bonds is 7. The van der Waals surface area contributed by atoms with E-state index in [1.54, 1.807) is 7.11 Å². The maximum absolute atomic E-state index is 5.40. The third-order valence-electron chi connectivity index (χ3n) is 4.17. The van der Waals surface area contributed by atoms with Crippen LogP contribution >= 0.6 is 0 Å². The van der Waals surface area contributed by atoms with Crippen molar-refractivity contribution in [1.82, 2.24) is 9.97 Å². The van der Waals surface area contributed by atoms with Gasteiger partial charge >= 0.3 is 0 Å². The van der Waals surface area contributed by atoms with Gasteiger partial charge in [0.15, 0.2) is 11.5 Å². The van der Waals surface area contributed by atoms with E-state index in [1.165, 1.54) is 11.9 Å². The number of ether oxygens (including phenoxy) is 3. The molecule has 0 bridgehead atoms. The Morgan fingerprint density at radius 3 is 2.81 bits per heavy atom. The van der Waals surface area contributed by atoms with Gasteiger partial charge in [0.25, 0.3) is 0 Å². The largest absolute Gasteiger partial charge is 0.497 e. The van der Waals surface area contributed by atoms with E-state index in [2.05, 4.69) is 26.7 Å². The van der Waals surface area contributed by atoms with E-state index in [9.17, 15) is 0 Å². The first-order chi connectivity index (χ1) is 13.3. The molecule has 1 aliphatic rings. The summed E-state index contributed by atoms with van der Waals surface area (Å²) in [5, 5.41) is 6.58. The monoisotopic (exact) mass is 364 g/mol. The molecule has 0 saturated heterocycles. The van der Waals surface area contributed by atoms with Crippen LogP contribution in [0, 0.1) is 0 Å². The van der Waals surface area contributed by atoms with Crippen LogP contribution in [0.4, 0.5) is 17.3 Å². The minimum Gasteiger partial charge on any atom is -0.497 e. The molecule has 0 aliphatic carbocycles. The van der Waals surface area contributed by atoms with Gasteiger partial charge in [0, 0.05) is 24.4 Å². The predicted molar refractivity (Wildman–Crippen MR) is 103 cm³/mol. The summed E-state index contributed by atoms with van der Waals surface area (Å²) in [5.74, 6) is 3.81. The summed E-state index contributed by atoms with van der Waals surface area (Å²) < 4.78 is 16.0. The topological polar surface area (TPSA) is 77.5 Å². The van der Waals surface area contributed by atoms with E-state index in [-0.39, 0.29) is 6.79 Å². The van der Waals surface area contributed by atoms with Crippen molar-refractivity contribution in [1.29, 1.82) is 0 Å². The Morgan fingerprint density at radius 2 is 1.89 bits per heavy atom. The first kappa shape index (κ1) is 17.0. The lowest BCUT2D eigenvalue weighted by Crippen LogP contribution is -2.07. The predicted octanol–water partition coefficient (Wildman–Crippen LogP) is 3.61. The van der Waals surface area contributed by atoms with Crippen molar-refractivity contribution in [2.75, 3.05) is 31.1 Å². The molecule has 0 unspecified atom stereocenters. The first-order valence-electron chi connectivity index (χ1n) is 8.66. The van der Waals surface area contributed by atoms with Gasteiger partial charge in [-0.05, 0) is 36.2 Å². The molecule has 2 N–H and O–H groups in total. The molecular formula is C20H20N4O3. The van der Waals surface area contributed by atoms with Crippen molar-refractivity contribution >= 4 is 17.3 Å². The van der Waals surface area contributed by atoms with Crippen LogP contribution in [-0.4, -0.2) is 30.4 Å². The van der Waals surface area contributed by atoms with Crippen LogP contribution in [-0.2, 0) is 6.42 Å². The van der Waals surface area contributed by atoms with Crippen LogP contribution in [0.3, 0.4) is 0 Å². The lowest BCUT2D eigenvalue weighted by molar-refractivity contribution is 0.174. The van der Waals surface area contributed by atoms with E-state index in [0.29, 0.717) is 5.82 Å². The highest BCUT2D eigenvalue weighted by Gasteiger charge is 2.13. The Morgan fingerprint density at radius 1 is 1.00 bits per heavy atom. The molecule has 7 heteroatoms. The number of nitrogens with one attached hydrogen (secondary N) is 2. The summed E-state index contributed by atoms with van der Waals surface area (Å²) >= 11 is 0. The third kappa shape index (κ3) is 4.20. The van der Waals surface area contributed by atoms with Gasteiger partial charge in [-0.1, -0.05) is 12.1 Å². The molecule has 4 rings (SSSR count). The molecule has 138 valence electrons. The molecule has 0 spiro atoms. The molecule has 0 atom stereocenters. The van der Waals surface area contributed by atoms with E-state index >= 15 is 0 Å². The molecule has 7 nitrogen and oxygen atoms in total. The number of benzene rings is 2. The van der Waals surface area contributed by atoms with E-state index in [1.807, 2.05) is 42.5 Å². The zero-order valence-electron chi connectivity index (χ0n) is 14.9. The van der Waals surface area contributed by atoms with Gasteiger partial charge in [0.2, 0.25) is 6.79 Å². The number of anilines is 3. The molecular weight excluding hydrogens is 344 g/mol. The number of fused-ring (bicyclic) bond motifs is 1. The highest BCUT2D eigenvalue weighted by Crippen LogP contribution is 2.34. The van der Waals surface area contributed by atoms with E-state index < -0.39 is 0 Å². The number of hydrogen-bond acceptors (Lipinski definition) is 7.